The summed E-state index contributed by atoms with van der Waals surface area (Å²) in [5, 5.41) is 26.2. The van der Waals surface area contributed by atoms with Crippen LogP contribution in [0.5, 0.6) is 11.5 Å². The molecule has 174 valence electrons. The Labute approximate surface area is 190 Å². The lowest BCUT2D eigenvalue weighted by molar-refractivity contribution is -0.139. The van der Waals surface area contributed by atoms with Crippen molar-refractivity contribution in [3.05, 3.63) is 59.7 Å². The molecule has 0 saturated heterocycles. The van der Waals surface area contributed by atoms with Crippen molar-refractivity contribution in [2.45, 2.75) is 31.0 Å². The number of thiol groups is 1. The highest BCUT2D eigenvalue weighted by atomic mass is 32.1. The number of hydrogen-bond acceptors (Lipinski definition) is 9. The maximum absolute atomic E-state index is 11.4. The Balaban J connectivity index is 0.000000343. The molecule has 2 aromatic rings. The molecule has 0 radical (unpaired) electrons. The van der Waals surface area contributed by atoms with Gasteiger partial charge in [-0.1, -0.05) is 24.3 Å². The van der Waals surface area contributed by atoms with E-state index in [9.17, 15) is 14.4 Å². The van der Waals surface area contributed by atoms with Gasteiger partial charge in [-0.25, -0.2) is 4.79 Å². The van der Waals surface area contributed by atoms with Crippen LogP contribution in [0, 0.1) is 0 Å². The van der Waals surface area contributed by atoms with E-state index in [1.54, 1.807) is 36.4 Å². The second-order valence-corrected chi connectivity index (χ2v) is 7.18. The minimum atomic E-state index is -1.06. The lowest BCUT2D eigenvalue weighted by Crippen LogP contribution is -2.35. The molecule has 11 heteroatoms. The van der Waals surface area contributed by atoms with E-state index in [2.05, 4.69) is 12.6 Å². The van der Waals surface area contributed by atoms with E-state index in [0.29, 0.717) is 5.75 Å². The molecule has 0 aliphatic carbocycles. The zero-order valence-electron chi connectivity index (χ0n) is 17.1. The average molecular weight is 466 g/mol. The number of hydrogen-bond donors (Lipinski definition) is 7. The fourth-order valence-corrected chi connectivity index (χ4v) is 2.42. The van der Waals surface area contributed by atoms with Crippen LogP contribution in [0.15, 0.2) is 48.5 Å². The molecule has 2 aromatic carbocycles. The van der Waals surface area contributed by atoms with Crippen LogP contribution in [0.3, 0.4) is 0 Å². The summed E-state index contributed by atoms with van der Waals surface area (Å²) in [6.45, 7) is 0. The summed E-state index contributed by atoms with van der Waals surface area (Å²) < 4.78 is 5.01. The Morgan fingerprint density at radius 2 is 1.19 bits per heavy atom. The molecular weight excluding hydrogens is 438 g/mol. The largest absolute Gasteiger partial charge is 0.508 e. The molecule has 0 unspecified atom stereocenters. The maximum atomic E-state index is 11.4. The van der Waals surface area contributed by atoms with Crippen LogP contribution in [0.1, 0.15) is 11.1 Å². The summed E-state index contributed by atoms with van der Waals surface area (Å²) >= 11 is 3.90. The lowest BCUT2D eigenvalue weighted by Gasteiger charge is -2.10. The van der Waals surface area contributed by atoms with Crippen molar-refractivity contribution in [3.8, 4) is 11.5 Å². The van der Waals surface area contributed by atoms with E-state index in [-0.39, 0.29) is 24.3 Å². The third-order valence-electron chi connectivity index (χ3n) is 4.12. The molecule has 3 atom stereocenters. The normalized spacial score (nSPS) is 13.1. The lowest BCUT2D eigenvalue weighted by atomic mass is 10.1. The first kappa shape index (κ1) is 26.9. The molecule has 0 aliphatic heterocycles. The standard InChI is InChI=1S/C12H16N2O4S.C9H11NO3/c13-9(11(15)16)5-7-1-3-8(4-2-7)18-12(17)10(14)6-19;10-8(9(12)13)5-6-1-3-7(11)4-2-6/h1-4,9-10,19H,5-6,13-14H2,(H,15,16);1-4,8,11H,5,10H2,(H,12,13)/t9-,10-;8-/m00/s1. The summed E-state index contributed by atoms with van der Waals surface area (Å²) in [4.78, 5) is 32.4. The third kappa shape index (κ3) is 9.79. The maximum Gasteiger partial charge on any atom is 0.329 e. The number of phenolic OH excluding ortho intramolecular Hbond substituents is 1. The summed E-state index contributed by atoms with van der Waals surface area (Å²) in [5.41, 5.74) is 17.7. The molecule has 0 spiro atoms. The number of rotatable bonds is 9. The van der Waals surface area contributed by atoms with E-state index in [0.717, 1.165) is 11.1 Å². The van der Waals surface area contributed by atoms with E-state index < -0.39 is 36.0 Å². The van der Waals surface area contributed by atoms with E-state index in [1.165, 1.54) is 12.1 Å². The van der Waals surface area contributed by atoms with Crippen LogP contribution in [-0.4, -0.2) is 57.1 Å². The van der Waals surface area contributed by atoms with Gasteiger partial charge in [0.2, 0.25) is 0 Å². The molecule has 0 aromatic heterocycles. The monoisotopic (exact) mass is 465 g/mol. The average Bonchev–Trinajstić information content (AvgIpc) is 2.76. The number of aliphatic carboxylic acids is 2. The van der Waals surface area contributed by atoms with Crippen molar-refractivity contribution in [1.82, 2.24) is 0 Å². The van der Waals surface area contributed by atoms with Crippen LogP contribution in [0.4, 0.5) is 0 Å². The van der Waals surface area contributed by atoms with Crippen molar-refractivity contribution < 1.29 is 34.4 Å². The number of carbonyl (C=O) groups is 3. The fraction of sp³-hybridized carbons (Fsp3) is 0.286. The van der Waals surface area contributed by atoms with Gasteiger partial charge < -0.3 is 37.3 Å². The summed E-state index contributed by atoms with van der Waals surface area (Å²) in [6.07, 6.45) is 0.481. The first-order valence-corrected chi connectivity index (χ1v) is 10.1. The Kier molecular flexibility index (Phi) is 11.2. The highest BCUT2D eigenvalue weighted by Gasteiger charge is 2.15. The fourth-order valence-electron chi connectivity index (χ4n) is 2.27. The Bertz CT molecular complexity index is 891. The van der Waals surface area contributed by atoms with Crippen molar-refractivity contribution >= 4 is 30.5 Å². The molecule has 0 amide bonds. The molecule has 0 fully saturated rings. The summed E-state index contributed by atoms with van der Waals surface area (Å²) in [5.74, 6) is -1.94. The molecule has 0 aliphatic rings. The minimum absolute atomic E-state index is 0.160. The van der Waals surface area contributed by atoms with E-state index >= 15 is 0 Å². The zero-order chi connectivity index (χ0) is 24.3. The van der Waals surface area contributed by atoms with Gasteiger partial charge in [0.1, 0.15) is 29.6 Å². The van der Waals surface area contributed by atoms with Gasteiger partial charge in [0, 0.05) is 5.75 Å². The number of ether oxygens (including phenoxy) is 1. The molecule has 0 heterocycles. The van der Waals surface area contributed by atoms with Gasteiger partial charge in [0.15, 0.2) is 0 Å². The van der Waals surface area contributed by atoms with Gasteiger partial charge in [-0.3, -0.25) is 9.59 Å². The Morgan fingerprint density at radius 3 is 1.56 bits per heavy atom. The molecule has 32 heavy (non-hydrogen) atoms. The number of aromatic hydroxyl groups is 1. The SMILES string of the molecule is N[C@@H](Cc1ccc(O)cc1)C(=O)O.N[C@@H](Cc1ccc(OC(=O)[C@@H](N)CS)cc1)C(=O)O. The second-order valence-electron chi connectivity index (χ2n) is 6.82. The van der Waals surface area contributed by atoms with Gasteiger partial charge in [-0.2, -0.15) is 12.6 Å². The van der Waals surface area contributed by atoms with Gasteiger partial charge in [-0.15, -0.1) is 0 Å². The Morgan fingerprint density at radius 1 is 0.781 bits per heavy atom. The van der Waals surface area contributed by atoms with Crippen molar-refractivity contribution in [3.63, 3.8) is 0 Å². The van der Waals surface area contributed by atoms with Crippen LogP contribution in [-0.2, 0) is 27.2 Å². The zero-order valence-corrected chi connectivity index (χ0v) is 18.0. The first-order valence-electron chi connectivity index (χ1n) is 9.45. The van der Waals surface area contributed by atoms with Gasteiger partial charge in [0.05, 0.1) is 0 Å². The highest BCUT2D eigenvalue weighted by Crippen LogP contribution is 2.14. The number of esters is 1. The quantitative estimate of drug-likeness (QED) is 0.152. The molecule has 9 N–H and O–H groups in total. The molecule has 0 bridgehead atoms. The number of carboxylic acid groups (broad SMARTS) is 2. The van der Waals surface area contributed by atoms with Crippen LogP contribution in [0.2, 0.25) is 0 Å². The van der Waals surface area contributed by atoms with Crippen LogP contribution >= 0.6 is 12.6 Å². The predicted molar refractivity (Wildman–Crippen MR) is 121 cm³/mol. The predicted octanol–water partition coefficient (Wildman–Crippen LogP) is 0.150. The number of phenols is 1. The molecular formula is C21H27N3O7S. The number of carbonyl (C=O) groups excluding carboxylic acids is 1. The smallest absolute Gasteiger partial charge is 0.329 e. The summed E-state index contributed by atoms with van der Waals surface area (Å²) in [7, 11) is 0. The number of nitrogens with two attached hydrogens (primary N) is 3. The molecule has 10 nitrogen and oxygen atoms in total. The first-order chi connectivity index (χ1) is 15.0. The van der Waals surface area contributed by atoms with Gasteiger partial charge in [-0.05, 0) is 48.2 Å². The second kappa shape index (κ2) is 13.3. The van der Waals surface area contributed by atoms with Crippen LogP contribution < -0.4 is 21.9 Å². The van der Waals surface area contributed by atoms with Crippen molar-refractivity contribution in [2.75, 3.05) is 5.75 Å². The number of carboxylic acids is 2. The third-order valence-corrected chi connectivity index (χ3v) is 4.52. The van der Waals surface area contributed by atoms with Crippen molar-refractivity contribution in [2.24, 2.45) is 17.2 Å². The number of benzene rings is 2. The summed E-state index contributed by atoms with van der Waals surface area (Å²) in [6, 6.07) is 10.1. The minimum Gasteiger partial charge on any atom is -0.508 e. The molecule has 0 saturated carbocycles. The Hall–Kier alpha value is -3.12. The van der Waals surface area contributed by atoms with Gasteiger partial charge in [0.25, 0.3) is 0 Å². The topological polar surface area (TPSA) is 199 Å². The van der Waals surface area contributed by atoms with E-state index in [1.807, 2.05) is 0 Å². The van der Waals surface area contributed by atoms with Crippen LogP contribution in [0.25, 0.3) is 0 Å². The van der Waals surface area contributed by atoms with Crippen molar-refractivity contribution in [1.29, 1.82) is 0 Å². The van der Waals surface area contributed by atoms with E-state index in [4.69, 9.17) is 37.3 Å². The molecule has 2 rings (SSSR count). The highest BCUT2D eigenvalue weighted by molar-refractivity contribution is 7.80. The van der Waals surface area contributed by atoms with Gasteiger partial charge >= 0.3 is 17.9 Å².